The lowest BCUT2D eigenvalue weighted by atomic mass is 9.94. The summed E-state index contributed by atoms with van der Waals surface area (Å²) >= 11 is 0. The summed E-state index contributed by atoms with van der Waals surface area (Å²) in [4.78, 5) is 24.9. The Balaban J connectivity index is 2.39. The molecule has 2 amide bonds. The summed E-state index contributed by atoms with van der Waals surface area (Å²) in [7, 11) is 0. The first-order chi connectivity index (χ1) is 8.76. The smallest absolute Gasteiger partial charge is 0.261 e. The van der Waals surface area contributed by atoms with Crippen LogP contribution in [0.5, 0.6) is 0 Å². The Labute approximate surface area is 108 Å². The zero-order chi connectivity index (χ0) is 14.4. The van der Waals surface area contributed by atoms with E-state index in [4.69, 9.17) is 5.11 Å². The molecule has 0 unspecified atom stereocenters. The number of aliphatic hydroxyl groups excluding tert-OH is 1. The molecule has 1 aliphatic heterocycles. The van der Waals surface area contributed by atoms with Crippen LogP contribution >= 0.6 is 0 Å². The van der Waals surface area contributed by atoms with Crippen molar-refractivity contribution in [2.24, 2.45) is 5.41 Å². The molecule has 102 valence electrons. The van der Waals surface area contributed by atoms with Gasteiger partial charge in [-0.15, -0.1) is 0 Å². The number of nitrogens with zero attached hydrogens (tertiary/aromatic N) is 1. The standard InChI is InChI=1S/C13H13F2NO3/c1-13(2,6-17)5-16-11(18)7-3-9(14)10(15)4-8(7)12(16)19/h3-4,17H,5-6H2,1-2H3. The summed E-state index contributed by atoms with van der Waals surface area (Å²) in [6, 6.07) is 1.47. The Morgan fingerprint density at radius 1 is 1.11 bits per heavy atom. The molecule has 1 aromatic rings. The Bertz CT molecular complexity index is 528. The van der Waals surface area contributed by atoms with E-state index in [9.17, 15) is 18.4 Å². The van der Waals surface area contributed by atoms with Gasteiger partial charge in [0.05, 0.1) is 11.1 Å². The second-order valence-corrected chi connectivity index (χ2v) is 5.33. The van der Waals surface area contributed by atoms with Gasteiger partial charge in [0, 0.05) is 18.6 Å². The first-order valence-electron chi connectivity index (χ1n) is 5.73. The molecule has 2 rings (SSSR count). The first-order valence-corrected chi connectivity index (χ1v) is 5.73. The monoisotopic (exact) mass is 269 g/mol. The molecular formula is C13H13F2NO3. The molecule has 0 aliphatic carbocycles. The third kappa shape index (κ3) is 2.23. The second kappa shape index (κ2) is 4.38. The highest BCUT2D eigenvalue weighted by molar-refractivity contribution is 6.21. The Hall–Kier alpha value is -1.82. The number of carbonyl (C=O) groups is 2. The third-order valence-corrected chi connectivity index (χ3v) is 3.03. The van der Waals surface area contributed by atoms with Gasteiger partial charge in [0.15, 0.2) is 11.6 Å². The van der Waals surface area contributed by atoms with E-state index < -0.39 is 28.9 Å². The number of fused-ring (bicyclic) bond motifs is 1. The number of carbonyl (C=O) groups excluding carboxylic acids is 2. The quantitative estimate of drug-likeness (QED) is 0.847. The molecule has 6 heteroatoms. The lowest BCUT2D eigenvalue weighted by Gasteiger charge is -2.26. The molecule has 0 radical (unpaired) electrons. The van der Waals surface area contributed by atoms with E-state index in [1.54, 1.807) is 13.8 Å². The van der Waals surface area contributed by atoms with Gasteiger partial charge in [0.2, 0.25) is 0 Å². The van der Waals surface area contributed by atoms with E-state index in [0.717, 1.165) is 17.0 Å². The van der Waals surface area contributed by atoms with Crippen LogP contribution in [0.3, 0.4) is 0 Å². The van der Waals surface area contributed by atoms with Crippen LogP contribution in [0, 0.1) is 17.0 Å². The summed E-state index contributed by atoms with van der Waals surface area (Å²) in [6.45, 7) is 3.12. The number of halogens is 2. The van der Waals surface area contributed by atoms with Crippen molar-refractivity contribution in [3.63, 3.8) is 0 Å². The first kappa shape index (κ1) is 13.6. The Kier molecular flexibility index (Phi) is 3.14. The van der Waals surface area contributed by atoms with Crippen molar-refractivity contribution in [1.29, 1.82) is 0 Å². The lowest BCUT2D eigenvalue weighted by molar-refractivity contribution is 0.0529. The molecular weight excluding hydrogens is 256 g/mol. The van der Waals surface area contributed by atoms with Crippen LogP contribution in [0.15, 0.2) is 12.1 Å². The minimum absolute atomic E-state index is 0.0148. The summed E-state index contributed by atoms with van der Waals surface area (Å²) in [5.74, 6) is -3.66. The summed E-state index contributed by atoms with van der Waals surface area (Å²) < 4.78 is 26.2. The van der Waals surface area contributed by atoms with Gasteiger partial charge in [-0.3, -0.25) is 14.5 Å². The zero-order valence-corrected chi connectivity index (χ0v) is 10.5. The summed E-state index contributed by atoms with van der Waals surface area (Å²) in [5.41, 5.74) is -0.958. The molecule has 0 bridgehead atoms. The minimum Gasteiger partial charge on any atom is -0.396 e. The number of rotatable bonds is 3. The number of amides is 2. The Morgan fingerprint density at radius 2 is 1.53 bits per heavy atom. The maximum Gasteiger partial charge on any atom is 0.261 e. The van der Waals surface area contributed by atoms with Gasteiger partial charge in [-0.2, -0.15) is 0 Å². The Morgan fingerprint density at radius 3 is 1.89 bits per heavy atom. The van der Waals surface area contributed by atoms with Gasteiger partial charge in [-0.05, 0) is 12.1 Å². The van der Waals surface area contributed by atoms with Crippen molar-refractivity contribution < 1.29 is 23.5 Å². The van der Waals surface area contributed by atoms with Crippen molar-refractivity contribution in [2.75, 3.05) is 13.2 Å². The van der Waals surface area contributed by atoms with E-state index in [-0.39, 0.29) is 24.3 Å². The van der Waals surface area contributed by atoms with Crippen LogP contribution in [0.2, 0.25) is 0 Å². The maximum absolute atomic E-state index is 13.1. The van der Waals surface area contributed by atoms with E-state index in [1.165, 1.54) is 0 Å². The number of benzene rings is 1. The van der Waals surface area contributed by atoms with Crippen molar-refractivity contribution in [3.05, 3.63) is 34.9 Å². The number of imide groups is 1. The van der Waals surface area contributed by atoms with Gasteiger partial charge in [0.1, 0.15) is 0 Å². The fourth-order valence-electron chi connectivity index (χ4n) is 1.91. The normalized spacial score (nSPS) is 15.1. The summed E-state index contributed by atoms with van der Waals surface area (Å²) in [6.07, 6.45) is 0. The highest BCUT2D eigenvalue weighted by atomic mass is 19.2. The molecule has 0 fully saturated rings. The van der Waals surface area contributed by atoms with Gasteiger partial charge < -0.3 is 5.11 Å². The molecule has 19 heavy (non-hydrogen) atoms. The van der Waals surface area contributed by atoms with Crippen molar-refractivity contribution in [3.8, 4) is 0 Å². The second-order valence-electron chi connectivity index (χ2n) is 5.33. The molecule has 0 spiro atoms. The average molecular weight is 269 g/mol. The fraction of sp³-hybridized carbons (Fsp3) is 0.385. The fourth-order valence-corrected chi connectivity index (χ4v) is 1.91. The predicted octanol–water partition coefficient (Wildman–Crippen LogP) is 1.58. The van der Waals surface area contributed by atoms with E-state index in [0.29, 0.717) is 0 Å². The van der Waals surface area contributed by atoms with Crippen LogP contribution in [0.4, 0.5) is 8.78 Å². The highest BCUT2D eigenvalue weighted by Crippen LogP contribution is 2.28. The highest BCUT2D eigenvalue weighted by Gasteiger charge is 2.39. The molecule has 1 aromatic carbocycles. The van der Waals surface area contributed by atoms with Crippen LogP contribution in [0.1, 0.15) is 34.6 Å². The van der Waals surface area contributed by atoms with Crippen molar-refractivity contribution >= 4 is 11.8 Å². The molecule has 1 aliphatic rings. The largest absolute Gasteiger partial charge is 0.396 e. The molecule has 0 saturated carbocycles. The molecule has 1 heterocycles. The van der Waals surface area contributed by atoms with Crippen LogP contribution < -0.4 is 0 Å². The summed E-state index contributed by atoms with van der Waals surface area (Å²) in [5, 5.41) is 9.16. The van der Waals surface area contributed by atoms with Crippen LogP contribution in [-0.4, -0.2) is 35.0 Å². The lowest BCUT2D eigenvalue weighted by Crippen LogP contribution is -2.39. The van der Waals surface area contributed by atoms with E-state index in [2.05, 4.69) is 0 Å². The minimum atomic E-state index is -1.16. The van der Waals surface area contributed by atoms with Crippen LogP contribution in [-0.2, 0) is 0 Å². The van der Waals surface area contributed by atoms with Crippen molar-refractivity contribution in [2.45, 2.75) is 13.8 Å². The van der Waals surface area contributed by atoms with E-state index >= 15 is 0 Å². The maximum atomic E-state index is 13.1. The van der Waals surface area contributed by atoms with Crippen LogP contribution in [0.25, 0.3) is 0 Å². The molecule has 1 N–H and O–H groups in total. The number of hydrogen-bond acceptors (Lipinski definition) is 3. The SMILES string of the molecule is CC(C)(CO)CN1C(=O)c2cc(F)c(F)cc2C1=O. The number of hydrogen-bond donors (Lipinski definition) is 1. The van der Waals surface area contributed by atoms with E-state index in [1.807, 2.05) is 0 Å². The third-order valence-electron chi connectivity index (χ3n) is 3.03. The topological polar surface area (TPSA) is 57.6 Å². The van der Waals surface area contributed by atoms with Crippen molar-refractivity contribution in [1.82, 2.24) is 4.90 Å². The molecule has 0 aromatic heterocycles. The van der Waals surface area contributed by atoms with Gasteiger partial charge in [-0.1, -0.05) is 13.8 Å². The predicted molar refractivity (Wildman–Crippen MR) is 62.6 cm³/mol. The molecule has 0 atom stereocenters. The molecule has 0 saturated heterocycles. The number of aliphatic hydroxyl groups is 1. The van der Waals surface area contributed by atoms with Gasteiger partial charge in [-0.25, -0.2) is 8.78 Å². The zero-order valence-electron chi connectivity index (χ0n) is 10.5. The van der Waals surface area contributed by atoms with Gasteiger partial charge in [0.25, 0.3) is 11.8 Å². The molecule has 4 nitrogen and oxygen atoms in total. The van der Waals surface area contributed by atoms with Gasteiger partial charge >= 0.3 is 0 Å². The average Bonchev–Trinajstić information content (AvgIpc) is 2.56.